The summed E-state index contributed by atoms with van der Waals surface area (Å²) in [7, 11) is 1.46. The molecule has 3 rings (SSSR count). The second-order valence-electron chi connectivity index (χ2n) is 6.07. The minimum Gasteiger partial charge on any atom is -0.453 e. The molecule has 2 saturated heterocycles. The molecule has 1 unspecified atom stereocenters. The number of fused-ring (bicyclic) bond motifs is 2. The second kappa shape index (κ2) is 5.81. The van der Waals surface area contributed by atoms with Crippen LogP contribution in [0.15, 0.2) is 24.3 Å². The molecule has 1 aromatic rings. The van der Waals surface area contributed by atoms with Crippen molar-refractivity contribution < 1.29 is 9.53 Å². The van der Waals surface area contributed by atoms with Crippen molar-refractivity contribution in [2.75, 3.05) is 7.11 Å². The molecule has 2 heterocycles. The molecule has 3 heteroatoms. The van der Waals surface area contributed by atoms with Crippen LogP contribution in [0, 0.1) is 24.7 Å². The topological polar surface area (TPSA) is 29.5 Å². The highest BCUT2D eigenvalue weighted by Gasteiger charge is 2.43. The smallest absolute Gasteiger partial charge is 0.409 e. The van der Waals surface area contributed by atoms with Gasteiger partial charge in [0.2, 0.25) is 0 Å². The van der Waals surface area contributed by atoms with Gasteiger partial charge in [-0.05, 0) is 50.3 Å². The summed E-state index contributed by atoms with van der Waals surface area (Å²) < 4.78 is 4.90. The van der Waals surface area contributed by atoms with Gasteiger partial charge in [-0.3, -0.25) is 0 Å². The third-order valence-corrected chi connectivity index (χ3v) is 4.56. The Morgan fingerprint density at radius 2 is 2.00 bits per heavy atom. The average Bonchev–Trinajstić information content (AvgIpc) is 2.75. The van der Waals surface area contributed by atoms with E-state index in [0.717, 1.165) is 31.2 Å². The molecule has 3 nitrogen and oxygen atoms in total. The average molecular weight is 283 g/mol. The van der Waals surface area contributed by atoms with Crippen LogP contribution in [-0.2, 0) is 4.74 Å². The van der Waals surface area contributed by atoms with Crippen LogP contribution >= 0.6 is 0 Å². The summed E-state index contributed by atoms with van der Waals surface area (Å²) in [4.78, 5) is 13.8. The van der Waals surface area contributed by atoms with Crippen molar-refractivity contribution in [2.45, 2.75) is 44.7 Å². The van der Waals surface area contributed by atoms with Crippen molar-refractivity contribution in [3.05, 3.63) is 35.4 Å². The van der Waals surface area contributed by atoms with Gasteiger partial charge in [0.15, 0.2) is 0 Å². The van der Waals surface area contributed by atoms with Gasteiger partial charge in [-0.15, -0.1) is 0 Å². The van der Waals surface area contributed by atoms with E-state index in [2.05, 4.69) is 37.0 Å². The molecule has 1 aromatic carbocycles. The zero-order chi connectivity index (χ0) is 14.8. The first-order chi connectivity index (χ1) is 10.2. The monoisotopic (exact) mass is 283 g/mol. The van der Waals surface area contributed by atoms with Gasteiger partial charge in [-0.25, -0.2) is 4.79 Å². The number of hydrogen-bond donors (Lipinski definition) is 0. The number of carbonyl (C=O) groups is 1. The molecule has 2 aliphatic rings. The number of carbonyl (C=O) groups excluding carboxylic acids is 1. The zero-order valence-corrected chi connectivity index (χ0v) is 12.6. The molecule has 0 N–H and O–H groups in total. The maximum Gasteiger partial charge on any atom is 0.409 e. The molecule has 0 aliphatic carbocycles. The first-order valence-corrected chi connectivity index (χ1v) is 7.62. The van der Waals surface area contributed by atoms with Crippen LogP contribution < -0.4 is 0 Å². The van der Waals surface area contributed by atoms with Gasteiger partial charge in [0.1, 0.15) is 0 Å². The largest absolute Gasteiger partial charge is 0.453 e. The highest BCUT2D eigenvalue weighted by Crippen LogP contribution is 2.38. The summed E-state index contributed by atoms with van der Waals surface area (Å²) in [6.07, 6.45) is 3.95. The number of aryl methyl sites for hydroxylation is 1. The molecule has 2 aliphatic heterocycles. The Labute approximate surface area is 126 Å². The summed E-state index contributed by atoms with van der Waals surface area (Å²) in [5.74, 6) is 7.10. The van der Waals surface area contributed by atoms with Gasteiger partial charge in [-0.1, -0.05) is 24.0 Å². The highest BCUT2D eigenvalue weighted by molar-refractivity contribution is 5.69. The van der Waals surface area contributed by atoms with Crippen LogP contribution in [0.5, 0.6) is 0 Å². The molecular weight excluding hydrogens is 262 g/mol. The minimum atomic E-state index is -0.174. The number of rotatable bonds is 0. The Morgan fingerprint density at radius 3 is 2.62 bits per heavy atom. The van der Waals surface area contributed by atoms with E-state index in [4.69, 9.17) is 4.74 Å². The quantitative estimate of drug-likeness (QED) is 0.683. The number of ether oxygens (including phenoxy) is 1. The second-order valence-corrected chi connectivity index (χ2v) is 6.07. The Kier molecular flexibility index (Phi) is 3.88. The van der Waals surface area contributed by atoms with Crippen LogP contribution in [-0.4, -0.2) is 30.2 Å². The fourth-order valence-electron chi connectivity index (χ4n) is 3.61. The lowest BCUT2D eigenvalue weighted by atomic mass is 9.91. The van der Waals surface area contributed by atoms with Crippen molar-refractivity contribution >= 4 is 6.09 Å². The van der Waals surface area contributed by atoms with Crippen LogP contribution in [0.4, 0.5) is 4.79 Å². The first kappa shape index (κ1) is 14.0. The number of nitrogens with zero attached hydrogens (tertiary/aromatic N) is 1. The molecule has 3 atom stereocenters. The van der Waals surface area contributed by atoms with Crippen molar-refractivity contribution in [2.24, 2.45) is 5.92 Å². The van der Waals surface area contributed by atoms with Crippen molar-refractivity contribution in [3.63, 3.8) is 0 Å². The van der Waals surface area contributed by atoms with E-state index in [1.165, 1.54) is 12.7 Å². The summed E-state index contributed by atoms with van der Waals surface area (Å²) in [5.41, 5.74) is 2.32. The van der Waals surface area contributed by atoms with Crippen LogP contribution in [0.2, 0.25) is 0 Å². The van der Waals surface area contributed by atoms with Crippen LogP contribution in [0.3, 0.4) is 0 Å². The first-order valence-electron chi connectivity index (χ1n) is 7.62. The lowest BCUT2D eigenvalue weighted by Gasteiger charge is -2.36. The number of hydrogen-bond acceptors (Lipinski definition) is 2. The van der Waals surface area contributed by atoms with E-state index in [1.807, 2.05) is 11.0 Å². The highest BCUT2D eigenvalue weighted by atomic mass is 16.5. The standard InChI is InChI=1S/C18H21NO2/c1-13-4-3-5-14(10-13)6-7-15-11-16-8-9-17(12-15)19(16)18(20)21-2/h3-5,10,15-17H,8-9,11-12H2,1-2H3/t15?,16-,17+. The molecular formula is C18H21NO2. The van der Waals surface area contributed by atoms with Crippen molar-refractivity contribution in [1.82, 2.24) is 4.90 Å². The van der Waals surface area contributed by atoms with Gasteiger partial charge < -0.3 is 9.64 Å². The molecule has 2 bridgehead atoms. The predicted molar refractivity (Wildman–Crippen MR) is 81.8 cm³/mol. The zero-order valence-electron chi connectivity index (χ0n) is 12.6. The summed E-state index contributed by atoms with van der Waals surface area (Å²) >= 11 is 0. The van der Waals surface area contributed by atoms with E-state index in [0.29, 0.717) is 18.0 Å². The summed E-state index contributed by atoms with van der Waals surface area (Å²) in [6, 6.07) is 8.92. The Bertz CT molecular complexity index is 585. The van der Waals surface area contributed by atoms with Crippen molar-refractivity contribution in [1.29, 1.82) is 0 Å². The maximum absolute atomic E-state index is 11.8. The number of piperidine rings is 1. The lowest BCUT2D eigenvalue weighted by molar-refractivity contribution is 0.0786. The predicted octanol–water partition coefficient (Wildman–Crippen LogP) is 3.36. The normalized spacial score (nSPS) is 27.0. The van der Waals surface area contributed by atoms with Gasteiger partial charge in [-0.2, -0.15) is 0 Å². The number of methoxy groups -OCH3 is 1. The fraction of sp³-hybridized carbons (Fsp3) is 0.500. The third kappa shape index (κ3) is 2.90. The summed E-state index contributed by atoms with van der Waals surface area (Å²) in [6.45, 7) is 2.08. The van der Waals surface area contributed by atoms with Crippen molar-refractivity contribution in [3.8, 4) is 11.8 Å². The molecule has 0 saturated carbocycles. The molecule has 110 valence electrons. The molecule has 1 amide bonds. The third-order valence-electron chi connectivity index (χ3n) is 4.56. The minimum absolute atomic E-state index is 0.174. The van der Waals surface area contributed by atoms with Gasteiger partial charge in [0.05, 0.1) is 7.11 Å². The Morgan fingerprint density at radius 1 is 1.29 bits per heavy atom. The number of amides is 1. The lowest BCUT2D eigenvalue weighted by Crippen LogP contribution is -2.46. The number of benzene rings is 1. The van der Waals surface area contributed by atoms with Gasteiger partial charge in [0, 0.05) is 23.6 Å². The Balaban J connectivity index is 1.70. The van der Waals surface area contributed by atoms with Crippen LogP contribution in [0.25, 0.3) is 0 Å². The molecule has 21 heavy (non-hydrogen) atoms. The van der Waals surface area contributed by atoms with Crippen LogP contribution in [0.1, 0.15) is 36.8 Å². The maximum atomic E-state index is 11.8. The van der Waals surface area contributed by atoms with E-state index in [9.17, 15) is 4.79 Å². The Hall–Kier alpha value is -1.95. The molecule has 0 radical (unpaired) electrons. The molecule has 2 fully saturated rings. The van der Waals surface area contributed by atoms with E-state index < -0.39 is 0 Å². The van der Waals surface area contributed by atoms with E-state index >= 15 is 0 Å². The van der Waals surface area contributed by atoms with Gasteiger partial charge in [0.25, 0.3) is 0 Å². The van der Waals surface area contributed by atoms with Gasteiger partial charge >= 0.3 is 6.09 Å². The summed E-state index contributed by atoms with van der Waals surface area (Å²) in [5, 5.41) is 0. The molecule has 0 aromatic heterocycles. The van der Waals surface area contributed by atoms with E-state index in [1.54, 1.807) is 0 Å². The molecule has 0 spiro atoms. The fourth-order valence-corrected chi connectivity index (χ4v) is 3.61. The SMILES string of the molecule is COC(=O)N1[C@@H]2CC[C@H]1CC(C#Cc1cccc(C)c1)C2. The van der Waals surface area contributed by atoms with E-state index in [-0.39, 0.29) is 6.09 Å².